The van der Waals surface area contributed by atoms with Gasteiger partial charge in [-0.05, 0) is 48.4 Å². The van der Waals surface area contributed by atoms with Gasteiger partial charge in [-0.2, -0.15) is 0 Å². The molecule has 3 saturated heterocycles. The zero-order valence-electron chi connectivity index (χ0n) is 15.7. The molecule has 5 rings (SSSR count). The van der Waals surface area contributed by atoms with Gasteiger partial charge >= 0.3 is 0 Å². The molecular formula is C20H25ClN4O3. The quantitative estimate of drug-likeness (QED) is 0.720. The molecule has 4 heterocycles. The summed E-state index contributed by atoms with van der Waals surface area (Å²) in [5.41, 5.74) is 3.33. The summed E-state index contributed by atoms with van der Waals surface area (Å²) in [6.07, 6.45) is 3.10. The average molecular weight is 405 g/mol. The molecule has 1 atom stereocenters. The van der Waals surface area contributed by atoms with E-state index in [-0.39, 0.29) is 36.5 Å². The number of fused-ring (bicyclic) bond motifs is 1. The van der Waals surface area contributed by atoms with Gasteiger partial charge in [-0.3, -0.25) is 19.7 Å². The molecular weight excluding hydrogens is 380 g/mol. The third kappa shape index (κ3) is 3.06. The maximum Gasteiger partial charge on any atom is 0.255 e. The van der Waals surface area contributed by atoms with Crippen molar-refractivity contribution < 1.29 is 14.4 Å². The van der Waals surface area contributed by atoms with E-state index in [1.807, 2.05) is 12.1 Å². The highest BCUT2D eigenvalue weighted by Gasteiger charge is 2.41. The monoisotopic (exact) mass is 404 g/mol. The fraction of sp³-hybridized carbons (Fsp3) is 0.550. The molecule has 3 fully saturated rings. The van der Waals surface area contributed by atoms with Crippen LogP contribution in [0.2, 0.25) is 0 Å². The highest BCUT2D eigenvalue weighted by Crippen LogP contribution is 2.37. The Hall–Kier alpha value is -2.12. The van der Waals surface area contributed by atoms with Gasteiger partial charge in [0.2, 0.25) is 11.8 Å². The van der Waals surface area contributed by atoms with Crippen LogP contribution in [-0.2, 0) is 16.1 Å². The van der Waals surface area contributed by atoms with E-state index in [1.165, 1.54) is 12.8 Å². The van der Waals surface area contributed by atoms with Crippen LogP contribution in [-0.4, -0.2) is 54.8 Å². The molecule has 150 valence electrons. The highest BCUT2D eigenvalue weighted by molar-refractivity contribution is 6.05. The summed E-state index contributed by atoms with van der Waals surface area (Å²) < 4.78 is 0. The summed E-state index contributed by atoms with van der Waals surface area (Å²) in [5.74, 6) is -0.723. The largest absolute Gasteiger partial charge is 0.371 e. The molecule has 1 aromatic carbocycles. The van der Waals surface area contributed by atoms with E-state index >= 15 is 0 Å². The molecule has 28 heavy (non-hydrogen) atoms. The Kier molecular flexibility index (Phi) is 4.83. The Morgan fingerprint density at radius 1 is 1.07 bits per heavy atom. The molecule has 1 aromatic rings. The van der Waals surface area contributed by atoms with Gasteiger partial charge in [0.15, 0.2) is 0 Å². The lowest BCUT2D eigenvalue weighted by Gasteiger charge is -2.49. The number of carbonyl (C=O) groups excluding carboxylic acids is 3. The fourth-order valence-electron chi connectivity index (χ4n) is 4.83. The number of rotatable bonds is 2. The lowest BCUT2D eigenvalue weighted by atomic mass is 9.73. The molecule has 0 bridgehead atoms. The summed E-state index contributed by atoms with van der Waals surface area (Å²) >= 11 is 0. The van der Waals surface area contributed by atoms with Crippen molar-refractivity contribution in [3.63, 3.8) is 0 Å². The maximum atomic E-state index is 12.8. The number of hydrogen-bond donors (Lipinski definition) is 2. The molecule has 4 aliphatic rings. The van der Waals surface area contributed by atoms with E-state index in [2.05, 4.69) is 21.6 Å². The number of amides is 3. The summed E-state index contributed by atoms with van der Waals surface area (Å²) in [6.45, 7) is 4.81. The van der Waals surface area contributed by atoms with Gasteiger partial charge in [-0.1, -0.05) is 0 Å². The van der Waals surface area contributed by atoms with Crippen LogP contribution in [0.5, 0.6) is 0 Å². The van der Waals surface area contributed by atoms with Crippen molar-refractivity contribution in [2.24, 2.45) is 5.41 Å². The second-order valence-electron chi connectivity index (χ2n) is 8.33. The molecule has 8 heteroatoms. The summed E-state index contributed by atoms with van der Waals surface area (Å²) in [5, 5.41) is 5.74. The minimum atomic E-state index is -0.549. The van der Waals surface area contributed by atoms with Crippen LogP contribution in [0.25, 0.3) is 0 Å². The SMILES string of the molecule is Cl.O=C1CCC(N2Cc3cc(N4CCC5(CC4)CNC5)ccc3C2=O)C(=O)N1. The minimum Gasteiger partial charge on any atom is -0.371 e. The number of halogens is 1. The lowest BCUT2D eigenvalue weighted by Crippen LogP contribution is -2.58. The molecule has 3 amide bonds. The van der Waals surface area contributed by atoms with Gasteiger partial charge in [-0.25, -0.2) is 0 Å². The first-order valence-corrected chi connectivity index (χ1v) is 9.78. The van der Waals surface area contributed by atoms with Gasteiger partial charge in [0.1, 0.15) is 6.04 Å². The van der Waals surface area contributed by atoms with Crippen molar-refractivity contribution in [1.29, 1.82) is 0 Å². The number of piperidine rings is 2. The van der Waals surface area contributed by atoms with Crippen LogP contribution >= 0.6 is 12.4 Å². The molecule has 1 unspecified atom stereocenters. The number of anilines is 1. The first kappa shape index (κ1) is 19.2. The number of benzene rings is 1. The van der Waals surface area contributed by atoms with Crippen molar-refractivity contribution >= 4 is 35.8 Å². The van der Waals surface area contributed by atoms with Crippen molar-refractivity contribution in [1.82, 2.24) is 15.5 Å². The molecule has 7 nitrogen and oxygen atoms in total. The summed E-state index contributed by atoms with van der Waals surface area (Å²) in [4.78, 5) is 40.3. The third-order valence-electron chi connectivity index (χ3n) is 6.70. The standard InChI is InChI=1S/C20H24N4O3.ClH/c25-17-4-3-16(18(26)22-17)24-10-13-9-14(1-2-15(13)19(24)27)23-7-5-20(6-8-23)11-21-12-20;/h1-2,9,16,21H,3-8,10-12H2,(H,22,25,26);1H. The topological polar surface area (TPSA) is 81.8 Å². The van der Waals surface area contributed by atoms with Crippen LogP contribution in [0.3, 0.4) is 0 Å². The molecule has 0 aliphatic carbocycles. The first-order valence-electron chi connectivity index (χ1n) is 9.78. The summed E-state index contributed by atoms with van der Waals surface area (Å²) in [7, 11) is 0. The van der Waals surface area contributed by atoms with Gasteiger partial charge in [0.05, 0.1) is 0 Å². The van der Waals surface area contributed by atoms with E-state index in [1.54, 1.807) is 4.90 Å². The molecule has 4 aliphatic heterocycles. The van der Waals surface area contributed by atoms with Crippen molar-refractivity contribution in [3.8, 4) is 0 Å². The summed E-state index contributed by atoms with van der Waals surface area (Å²) in [6, 6.07) is 5.48. The average Bonchev–Trinajstić information content (AvgIpc) is 2.96. The van der Waals surface area contributed by atoms with Crippen LogP contribution in [0, 0.1) is 5.41 Å². The van der Waals surface area contributed by atoms with Crippen LogP contribution < -0.4 is 15.5 Å². The van der Waals surface area contributed by atoms with E-state index in [0.29, 0.717) is 23.9 Å². The zero-order valence-corrected chi connectivity index (χ0v) is 16.5. The Morgan fingerprint density at radius 2 is 1.82 bits per heavy atom. The second kappa shape index (κ2) is 7.04. The Labute approximate surface area is 170 Å². The van der Waals surface area contributed by atoms with Crippen molar-refractivity contribution in [2.75, 3.05) is 31.1 Å². The first-order chi connectivity index (χ1) is 13.0. The number of carbonyl (C=O) groups is 3. The Balaban J connectivity index is 0.00000192. The lowest BCUT2D eigenvalue weighted by molar-refractivity contribution is -0.136. The normalized spacial score (nSPS) is 25.9. The number of hydrogen-bond acceptors (Lipinski definition) is 5. The second-order valence-corrected chi connectivity index (χ2v) is 8.33. The van der Waals surface area contributed by atoms with Gasteiger partial charge in [-0.15, -0.1) is 12.4 Å². The number of nitrogens with one attached hydrogen (secondary N) is 2. The van der Waals surface area contributed by atoms with Crippen LogP contribution in [0.15, 0.2) is 18.2 Å². The van der Waals surface area contributed by atoms with Gasteiger partial charge in [0, 0.05) is 50.4 Å². The molecule has 1 spiro atoms. The highest BCUT2D eigenvalue weighted by atomic mass is 35.5. The van der Waals surface area contributed by atoms with Crippen LogP contribution in [0.1, 0.15) is 41.6 Å². The maximum absolute atomic E-state index is 12.8. The molecule has 0 radical (unpaired) electrons. The molecule has 0 aromatic heterocycles. The van der Waals surface area contributed by atoms with Crippen molar-refractivity contribution in [2.45, 2.75) is 38.3 Å². The Bertz CT molecular complexity index is 829. The van der Waals surface area contributed by atoms with Crippen LogP contribution in [0.4, 0.5) is 5.69 Å². The van der Waals surface area contributed by atoms with E-state index < -0.39 is 6.04 Å². The number of imide groups is 1. The van der Waals surface area contributed by atoms with E-state index in [9.17, 15) is 14.4 Å². The predicted octanol–water partition coefficient (Wildman–Crippen LogP) is 1.06. The predicted molar refractivity (Wildman–Crippen MR) is 106 cm³/mol. The fourth-order valence-corrected chi connectivity index (χ4v) is 4.83. The third-order valence-corrected chi connectivity index (χ3v) is 6.70. The van der Waals surface area contributed by atoms with E-state index in [0.717, 1.165) is 37.4 Å². The van der Waals surface area contributed by atoms with Gasteiger partial charge < -0.3 is 15.1 Å². The molecule has 0 saturated carbocycles. The van der Waals surface area contributed by atoms with Crippen molar-refractivity contribution in [3.05, 3.63) is 29.3 Å². The van der Waals surface area contributed by atoms with E-state index in [4.69, 9.17) is 0 Å². The minimum absolute atomic E-state index is 0. The van der Waals surface area contributed by atoms with Gasteiger partial charge in [0.25, 0.3) is 5.91 Å². The Morgan fingerprint density at radius 3 is 2.46 bits per heavy atom. The molecule has 2 N–H and O–H groups in total. The smallest absolute Gasteiger partial charge is 0.255 e. The number of nitrogens with zero attached hydrogens (tertiary/aromatic N) is 2. The zero-order chi connectivity index (χ0) is 18.6.